The minimum absolute atomic E-state index is 0.218. The molecule has 0 radical (unpaired) electrons. The molecule has 3 rings (SSSR count). The monoisotopic (exact) mass is 373 g/mol. The number of fused-ring (bicyclic) bond motifs is 1. The van der Waals surface area contributed by atoms with Gasteiger partial charge in [-0.05, 0) is 41.5 Å². The van der Waals surface area contributed by atoms with Crippen LogP contribution < -0.4 is 9.47 Å². The van der Waals surface area contributed by atoms with Crippen molar-refractivity contribution in [3.05, 3.63) is 64.1 Å². The number of carbonyl (C=O) groups excluding carboxylic acids is 1. The Kier molecular flexibility index (Phi) is 4.73. The van der Waals surface area contributed by atoms with Crippen LogP contribution in [0.2, 0.25) is 0 Å². The molecule has 0 amide bonds. The predicted molar refractivity (Wildman–Crippen MR) is 89.4 cm³/mol. The maximum atomic E-state index is 11.6. The van der Waals surface area contributed by atoms with Gasteiger partial charge in [0.25, 0.3) is 0 Å². The van der Waals surface area contributed by atoms with Crippen molar-refractivity contribution < 1.29 is 19.1 Å². The molecule has 0 unspecified atom stereocenters. The first kappa shape index (κ1) is 15.3. The maximum Gasteiger partial charge on any atom is 0.358 e. The lowest BCUT2D eigenvalue weighted by molar-refractivity contribution is -0.137. The Balaban J connectivity index is 1.55. The molecule has 23 heavy (non-hydrogen) atoms. The summed E-state index contributed by atoms with van der Waals surface area (Å²) in [7, 11) is 0. The van der Waals surface area contributed by atoms with Crippen LogP contribution >= 0.6 is 15.9 Å². The molecule has 0 saturated carbocycles. The number of carbonyl (C=O) groups is 1. The van der Waals surface area contributed by atoms with E-state index in [2.05, 4.69) is 21.1 Å². The van der Waals surface area contributed by atoms with Gasteiger partial charge in [0, 0.05) is 10.5 Å². The molecule has 0 fully saturated rings. The van der Waals surface area contributed by atoms with Crippen LogP contribution in [0.4, 0.5) is 0 Å². The Morgan fingerprint density at radius 3 is 2.65 bits per heavy atom. The van der Waals surface area contributed by atoms with Crippen molar-refractivity contribution in [2.24, 2.45) is 5.16 Å². The van der Waals surface area contributed by atoms with Crippen LogP contribution in [0, 0.1) is 0 Å². The van der Waals surface area contributed by atoms with E-state index in [-0.39, 0.29) is 6.79 Å². The van der Waals surface area contributed by atoms with E-state index in [1.165, 1.54) is 12.3 Å². The highest BCUT2D eigenvalue weighted by Crippen LogP contribution is 2.32. The molecule has 1 heterocycles. The van der Waals surface area contributed by atoms with Gasteiger partial charge in [0.1, 0.15) is 0 Å². The van der Waals surface area contributed by atoms with E-state index in [4.69, 9.17) is 14.3 Å². The van der Waals surface area contributed by atoms with Crippen molar-refractivity contribution >= 4 is 34.2 Å². The fourth-order valence-electron chi connectivity index (χ4n) is 1.90. The van der Waals surface area contributed by atoms with Crippen molar-refractivity contribution in [1.29, 1.82) is 0 Å². The zero-order chi connectivity index (χ0) is 16.1. The molecule has 0 atom stereocenters. The minimum atomic E-state index is -0.559. The van der Waals surface area contributed by atoms with E-state index in [1.807, 2.05) is 30.3 Å². The third-order valence-electron chi connectivity index (χ3n) is 3.02. The Morgan fingerprint density at radius 1 is 1.09 bits per heavy atom. The second kappa shape index (κ2) is 7.11. The Labute approximate surface area is 141 Å². The summed E-state index contributed by atoms with van der Waals surface area (Å²) >= 11 is 3.34. The zero-order valence-corrected chi connectivity index (χ0v) is 13.5. The fraction of sp³-hybridized carbons (Fsp3) is 0.0588. The first-order chi connectivity index (χ1) is 11.2. The third-order valence-corrected chi connectivity index (χ3v) is 3.55. The van der Waals surface area contributed by atoms with E-state index in [1.54, 1.807) is 18.2 Å². The molecule has 0 aliphatic carbocycles. The van der Waals surface area contributed by atoms with Gasteiger partial charge in [0.05, 0.1) is 6.21 Å². The van der Waals surface area contributed by atoms with E-state index in [0.717, 1.165) is 15.6 Å². The average Bonchev–Trinajstić information content (AvgIpc) is 3.02. The summed E-state index contributed by atoms with van der Waals surface area (Å²) < 4.78 is 11.5. The largest absolute Gasteiger partial charge is 0.454 e. The summed E-state index contributed by atoms with van der Waals surface area (Å²) in [5, 5.41) is 3.66. The standard InChI is InChI=1S/C17H12BrNO4/c18-14-5-1-13(2-6-14)10-19-23-17(20)8-4-12-3-7-15-16(9-12)22-11-21-15/h1-10H,11H2/b8-4+,19-10-. The molecule has 1 aliphatic heterocycles. The van der Waals surface area contributed by atoms with Crippen molar-refractivity contribution in [3.8, 4) is 11.5 Å². The Hall–Kier alpha value is -2.60. The van der Waals surface area contributed by atoms with Crippen LogP contribution in [0.3, 0.4) is 0 Å². The van der Waals surface area contributed by atoms with Gasteiger partial charge < -0.3 is 14.3 Å². The van der Waals surface area contributed by atoms with Gasteiger partial charge in [-0.2, -0.15) is 0 Å². The number of hydrogen-bond acceptors (Lipinski definition) is 5. The van der Waals surface area contributed by atoms with Crippen molar-refractivity contribution in [3.63, 3.8) is 0 Å². The summed E-state index contributed by atoms with van der Waals surface area (Å²) in [5.74, 6) is 0.800. The van der Waals surface area contributed by atoms with Crippen LogP contribution in [-0.4, -0.2) is 19.0 Å². The summed E-state index contributed by atoms with van der Waals surface area (Å²) in [6, 6.07) is 12.9. The smallest absolute Gasteiger partial charge is 0.358 e. The second-order valence-corrected chi connectivity index (χ2v) is 5.56. The number of benzene rings is 2. The second-order valence-electron chi connectivity index (χ2n) is 4.64. The van der Waals surface area contributed by atoms with Crippen LogP contribution in [0.15, 0.2) is 58.2 Å². The van der Waals surface area contributed by atoms with Gasteiger partial charge in [-0.15, -0.1) is 0 Å². The molecule has 5 nitrogen and oxygen atoms in total. The Bertz CT molecular complexity index is 769. The van der Waals surface area contributed by atoms with Crippen LogP contribution in [0.1, 0.15) is 11.1 Å². The van der Waals surface area contributed by atoms with Gasteiger partial charge in [-0.25, -0.2) is 4.79 Å². The zero-order valence-electron chi connectivity index (χ0n) is 11.9. The summed E-state index contributed by atoms with van der Waals surface area (Å²) in [4.78, 5) is 16.4. The number of ether oxygens (including phenoxy) is 2. The van der Waals surface area contributed by atoms with Crippen molar-refractivity contribution in [1.82, 2.24) is 0 Å². The number of hydrogen-bond donors (Lipinski definition) is 0. The van der Waals surface area contributed by atoms with Gasteiger partial charge in [0.15, 0.2) is 11.5 Å². The topological polar surface area (TPSA) is 57.1 Å². The number of oxime groups is 1. The van der Waals surface area contributed by atoms with Crippen LogP contribution in [0.5, 0.6) is 11.5 Å². The molecule has 0 bridgehead atoms. The van der Waals surface area contributed by atoms with E-state index >= 15 is 0 Å². The van der Waals surface area contributed by atoms with Crippen molar-refractivity contribution in [2.75, 3.05) is 6.79 Å². The lowest BCUT2D eigenvalue weighted by atomic mass is 10.2. The quantitative estimate of drug-likeness (QED) is 0.354. The molecule has 0 N–H and O–H groups in total. The normalized spacial score (nSPS) is 12.9. The van der Waals surface area contributed by atoms with Gasteiger partial charge in [-0.1, -0.05) is 39.3 Å². The molecule has 2 aromatic carbocycles. The summed E-state index contributed by atoms with van der Waals surface area (Å²) in [5.41, 5.74) is 1.64. The molecular weight excluding hydrogens is 362 g/mol. The molecule has 0 saturated heterocycles. The number of rotatable bonds is 4. The molecule has 2 aromatic rings. The highest BCUT2D eigenvalue weighted by molar-refractivity contribution is 9.10. The van der Waals surface area contributed by atoms with Gasteiger partial charge >= 0.3 is 5.97 Å². The van der Waals surface area contributed by atoms with E-state index in [9.17, 15) is 4.79 Å². The summed E-state index contributed by atoms with van der Waals surface area (Å²) in [6.07, 6.45) is 4.40. The average molecular weight is 374 g/mol. The van der Waals surface area contributed by atoms with Crippen LogP contribution in [0.25, 0.3) is 6.08 Å². The first-order valence-electron chi connectivity index (χ1n) is 6.78. The van der Waals surface area contributed by atoms with Gasteiger partial charge in [0.2, 0.25) is 6.79 Å². The first-order valence-corrected chi connectivity index (χ1v) is 7.58. The highest BCUT2D eigenvalue weighted by Gasteiger charge is 2.12. The molecular formula is C17H12BrNO4. The van der Waals surface area contributed by atoms with E-state index in [0.29, 0.717) is 11.5 Å². The lowest BCUT2D eigenvalue weighted by Gasteiger charge is -1.97. The number of halogens is 1. The Morgan fingerprint density at radius 2 is 1.83 bits per heavy atom. The van der Waals surface area contributed by atoms with E-state index < -0.39 is 5.97 Å². The van der Waals surface area contributed by atoms with Gasteiger partial charge in [-0.3, -0.25) is 0 Å². The maximum absolute atomic E-state index is 11.6. The SMILES string of the molecule is O=C(/C=C/c1ccc2c(c1)OCO2)O/N=C\c1ccc(Br)cc1. The molecule has 0 spiro atoms. The number of nitrogens with zero attached hydrogens (tertiary/aromatic N) is 1. The summed E-state index contributed by atoms with van der Waals surface area (Å²) in [6.45, 7) is 0.218. The lowest BCUT2D eigenvalue weighted by Crippen LogP contribution is -1.94. The molecule has 116 valence electrons. The van der Waals surface area contributed by atoms with Crippen LogP contribution in [-0.2, 0) is 9.63 Å². The fourth-order valence-corrected chi connectivity index (χ4v) is 2.16. The highest BCUT2D eigenvalue weighted by atomic mass is 79.9. The third kappa shape index (κ3) is 4.20. The molecule has 0 aromatic heterocycles. The minimum Gasteiger partial charge on any atom is -0.454 e. The molecule has 1 aliphatic rings. The molecule has 6 heteroatoms. The van der Waals surface area contributed by atoms with Crippen molar-refractivity contribution in [2.45, 2.75) is 0 Å². The predicted octanol–water partition coefficient (Wildman–Crippen LogP) is 3.77.